The summed E-state index contributed by atoms with van der Waals surface area (Å²) in [5, 5.41) is 4.58. The first kappa shape index (κ1) is 20.4. The molecule has 1 aliphatic rings. The van der Waals surface area contributed by atoms with Gasteiger partial charge in [-0.25, -0.2) is 8.42 Å². The molecule has 1 unspecified atom stereocenters. The van der Waals surface area contributed by atoms with Crippen LogP contribution < -0.4 is 10.6 Å². The Morgan fingerprint density at radius 2 is 1.96 bits per heavy atom. The lowest BCUT2D eigenvalue weighted by Crippen LogP contribution is -2.26. The van der Waals surface area contributed by atoms with Crippen molar-refractivity contribution in [1.29, 1.82) is 0 Å². The van der Waals surface area contributed by atoms with Crippen LogP contribution in [0.4, 0.5) is 11.4 Å². The van der Waals surface area contributed by atoms with Crippen molar-refractivity contribution in [3.05, 3.63) is 47.5 Å². The van der Waals surface area contributed by atoms with Crippen LogP contribution in [0.1, 0.15) is 24.5 Å². The number of hydrogen-bond donors (Lipinski definition) is 2. The van der Waals surface area contributed by atoms with Crippen LogP contribution in [-0.4, -0.2) is 31.2 Å². The molecule has 0 fully saturated rings. The lowest BCUT2D eigenvalue weighted by atomic mass is 10.1. The maximum absolute atomic E-state index is 12.9. The minimum atomic E-state index is -3.72. The van der Waals surface area contributed by atoms with Crippen LogP contribution in [0.5, 0.6) is 0 Å². The number of hydrogen-bond acceptors (Lipinski definition) is 5. The van der Waals surface area contributed by atoms with Crippen LogP contribution >= 0.6 is 11.8 Å². The molecular formula is C20H22N2O4S2. The third-order valence-corrected chi connectivity index (χ3v) is 7.78. The molecule has 2 aromatic rings. The quantitative estimate of drug-likeness (QED) is 0.775. The summed E-state index contributed by atoms with van der Waals surface area (Å²) in [5.41, 5.74) is 3.18. The highest BCUT2D eigenvalue weighted by molar-refractivity contribution is 8.00. The SMILES string of the molecule is Cc1ccc(NC(=O)CC(C)S(=O)(=O)c2ccc3c(c2)NC(=O)CS3)c(C)c1. The molecule has 1 atom stereocenters. The average molecular weight is 419 g/mol. The third kappa shape index (κ3) is 4.39. The van der Waals surface area contributed by atoms with Crippen molar-refractivity contribution in [2.45, 2.75) is 42.2 Å². The van der Waals surface area contributed by atoms with Crippen molar-refractivity contribution >= 4 is 44.8 Å². The summed E-state index contributed by atoms with van der Waals surface area (Å²) in [6.45, 7) is 5.37. The summed E-state index contributed by atoms with van der Waals surface area (Å²) in [4.78, 5) is 24.9. The summed E-state index contributed by atoms with van der Waals surface area (Å²) in [6.07, 6.45) is -0.159. The molecule has 3 rings (SSSR count). The zero-order chi connectivity index (χ0) is 20.5. The average Bonchev–Trinajstić information content (AvgIpc) is 2.63. The summed E-state index contributed by atoms with van der Waals surface area (Å²) < 4.78 is 25.8. The topological polar surface area (TPSA) is 92.3 Å². The largest absolute Gasteiger partial charge is 0.326 e. The number of fused-ring (bicyclic) bond motifs is 1. The number of benzene rings is 2. The Morgan fingerprint density at radius 1 is 1.21 bits per heavy atom. The smallest absolute Gasteiger partial charge is 0.234 e. The summed E-state index contributed by atoms with van der Waals surface area (Å²) in [5.74, 6) is -0.202. The number of rotatable bonds is 5. The monoisotopic (exact) mass is 418 g/mol. The summed E-state index contributed by atoms with van der Waals surface area (Å²) in [6, 6.07) is 10.3. The fourth-order valence-electron chi connectivity index (χ4n) is 3.00. The molecule has 8 heteroatoms. The van der Waals surface area contributed by atoms with Gasteiger partial charge >= 0.3 is 0 Å². The van der Waals surface area contributed by atoms with Crippen molar-refractivity contribution in [3.8, 4) is 0 Å². The van der Waals surface area contributed by atoms with E-state index in [2.05, 4.69) is 10.6 Å². The van der Waals surface area contributed by atoms with Crippen molar-refractivity contribution in [2.24, 2.45) is 0 Å². The standard InChI is InChI=1S/C20H22N2O4S2/c1-12-4-6-16(13(2)8-12)21-19(23)9-14(3)28(25,26)15-5-7-18-17(10-15)22-20(24)11-27-18/h4-8,10,14H,9,11H2,1-3H3,(H,21,23)(H,22,24). The number of aryl methyl sites for hydroxylation is 2. The molecule has 2 amide bonds. The van der Waals surface area contributed by atoms with Crippen LogP contribution in [0.25, 0.3) is 0 Å². The molecule has 0 aromatic heterocycles. The highest BCUT2D eigenvalue weighted by Gasteiger charge is 2.27. The predicted octanol–water partition coefficient (Wildman–Crippen LogP) is 3.54. The lowest BCUT2D eigenvalue weighted by Gasteiger charge is -2.19. The van der Waals surface area contributed by atoms with Crippen LogP contribution in [0.2, 0.25) is 0 Å². The third-order valence-electron chi connectivity index (χ3n) is 4.57. The number of amides is 2. The van der Waals surface area contributed by atoms with Crippen molar-refractivity contribution in [3.63, 3.8) is 0 Å². The molecule has 0 radical (unpaired) electrons. The summed E-state index contributed by atoms with van der Waals surface area (Å²) in [7, 11) is -3.72. The molecule has 0 saturated carbocycles. The fraction of sp³-hybridized carbons (Fsp3) is 0.300. The van der Waals surface area contributed by atoms with Gasteiger partial charge in [0.1, 0.15) is 0 Å². The van der Waals surface area contributed by atoms with Gasteiger partial charge in [-0.2, -0.15) is 0 Å². The molecular weight excluding hydrogens is 396 g/mol. The lowest BCUT2D eigenvalue weighted by molar-refractivity contribution is -0.116. The minimum Gasteiger partial charge on any atom is -0.326 e. The van der Waals surface area contributed by atoms with Crippen LogP contribution in [0.15, 0.2) is 46.2 Å². The van der Waals surface area contributed by atoms with Crippen LogP contribution in [0.3, 0.4) is 0 Å². The van der Waals surface area contributed by atoms with Gasteiger partial charge in [0.25, 0.3) is 0 Å². The molecule has 0 bridgehead atoms. The summed E-state index contributed by atoms with van der Waals surface area (Å²) >= 11 is 1.37. The fourth-order valence-corrected chi connectivity index (χ4v) is 5.16. The molecule has 2 aromatic carbocycles. The van der Waals surface area contributed by atoms with E-state index in [1.165, 1.54) is 30.8 Å². The van der Waals surface area contributed by atoms with E-state index in [1.54, 1.807) is 6.07 Å². The first-order valence-corrected chi connectivity index (χ1v) is 11.4. The van der Waals surface area contributed by atoms with Gasteiger partial charge in [-0.3, -0.25) is 9.59 Å². The molecule has 0 spiro atoms. The van der Waals surface area contributed by atoms with E-state index < -0.39 is 15.1 Å². The highest BCUT2D eigenvalue weighted by atomic mass is 32.2. The van der Waals surface area contributed by atoms with Crippen LogP contribution in [-0.2, 0) is 19.4 Å². The van der Waals surface area contributed by atoms with Gasteiger partial charge in [-0.05, 0) is 50.6 Å². The van der Waals surface area contributed by atoms with E-state index in [4.69, 9.17) is 0 Å². The van der Waals surface area contributed by atoms with E-state index in [9.17, 15) is 18.0 Å². The number of nitrogens with one attached hydrogen (secondary N) is 2. The molecule has 28 heavy (non-hydrogen) atoms. The maximum atomic E-state index is 12.9. The second-order valence-electron chi connectivity index (χ2n) is 6.92. The van der Waals surface area contributed by atoms with Gasteiger partial charge in [-0.15, -0.1) is 11.8 Å². The normalized spacial score (nSPS) is 14.8. The van der Waals surface area contributed by atoms with E-state index >= 15 is 0 Å². The van der Waals surface area contributed by atoms with Gasteiger partial charge in [0, 0.05) is 17.0 Å². The Balaban J connectivity index is 1.74. The van der Waals surface area contributed by atoms with Crippen LogP contribution in [0, 0.1) is 13.8 Å². The van der Waals surface area contributed by atoms with E-state index in [-0.39, 0.29) is 23.1 Å². The van der Waals surface area contributed by atoms with Crippen molar-refractivity contribution < 1.29 is 18.0 Å². The minimum absolute atomic E-state index is 0.0980. The van der Waals surface area contributed by atoms with Crippen molar-refractivity contribution in [2.75, 3.05) is 16.4 Å². The van der Waals surface area contributed by atoms with E-state index in [0.29, 0.717) is 17.1 Å². The van der Waals surface area contributed by atoms with Gasteiger partial charge < -0.3 is 10.6 Å². The Morgan fingerprint density at radius 3 is 2.68 bits per heavy atom. The molecule has 6 nitrogen and oxygen atoms in total. The second-order valence-corrected chi connectivity index (χ2v) is 10.3. The van der Waals surface area contributed by atoms with Gasteiger partial charge in [0.05, 0.1) is 21.6 Å². The Kier molecular flexibility index (Phi) is 5.81. The van der Waals surface area contributed by atoms with Gasteiger partial charge in [-0.1, -0.05) is 17.7 Å². The zero-order valence-corrected chi connectivity index (χ0v) is 17.5. The number of thioether (sulfide) groups is 1. The highest BCUT2D eigenvalue weighted by Crippen LogP contribution is 2.34. The van der Waals surface area contributed by atoms with Gasteiger partial charge in [0.15, 0.2) is 9.84 Å². The maximum Gasteiger partial charge on any atom is 0.234 e. The number of carbonyl (C=O) groups is 2. The van der Waals surface area contributed by atoms with Crippen molar-refractivity contribution in [1.82, 2.24) is 0 Å². The van der Waals surface area contributed by atoms with E-state index in [1.807, 2.05) is 32.0 Å². The first-order chi connectivity index (χ1) is 13.2. The molecule has 148 valence electrons. The van der Waals surface area contributed by atoms with Gasteiger partial charge in [0.2, 0.25) is 11.8 Å². The second kappa shape index (κ2) is 7.97. The zero-order valence-electron chi connectivity index (χ0n) is 15.9. The Labute approximate surface area is 169 Å². The first-order valence-electron chi connectivity index (χ1n) is 8.84. The molecule has 0 saturated heterocycles. The molecule has 0 aliphatic carbocycles. The molecule has 1 heterocycles. The predicted molar refractivity (Wildman–Crippen MR) is 112 cm³/mol. The Bertz CT molecular complexity index is 1050. The molecule has 2 N–H and O–H groups in total. The number of carbonyl (C=O) groups excluding carboxylic acids is 2. The number of anilines is 2. The Hall–Kier alpha value is -2.32. The number of sulfone groups is 1. The molecule has 1 aliphatic heterocycles. The van der Waals surface area contributed by atoms with E-state index in [0.717, 1.165) is 16.0 Å².